The normalized spacial score (nSPS) is 18.8. The molecule has 1 amide bonds. The number of carbonyl (C=O) groups excluding carboxylic acids is 1. The second-order valence-corrected chi connectivity index (χ2v) is 7.23. The fourth-order valence-electron chi connectivity index (χ4n) is 3.14. The third kappa shape index (κ3) is 4.84. The van der Waals surface area contributed by atoms with Gasteiger partial charge in [-0.05, 0) is 36.1 Å². The highest BCUT2D eigenvalue weighted by Gasteiger charge is 2.25. The minimum absolute atomic E-state index is 0.00624. The molecule has 0 bridgehead atoms. The van der Waals surface area contributed by atoms with E-state index in [4.69, 9.17) is 0 Å². The SMILES string of the molecule is CSc1ccc(C(=O)N2CCN(Cc3ccccc3)C[C@@H](O)C2)cc1. The van der Waals surface area contributed by atoms with Crippen molar-refractivity contribution in [3.63, 3.8) is 0 Å². The fourth-order valence-corrected chi connectivity index (χ4v) is 3.55. The molecule has 1 saturated heterocycles. The van der Waals surface area contributed by atoms with Gasteiger partial charge in [0, 0.05) is 43.2 Å². The van der Waals surface area contributed by atoms with Gasteiger partial charge in [0.2, 0.25) is 0 Å². The highest BCUT2D eigenvalue weighted by molar-refractivity contribution is 7.98. The van der Waals surface area contributed by atoms with Crippen molar-refractivity contribution in [3.05, 3.63) is 65.7 Å². The minimum Gasteiger partial charge on any atom is -0.390 e. The molecular formula is C20H24N2O2S. The van der Waals surface area contributed by atoms with Crippen molar-refractivity contribution in [2.45, 2.75) is 17.5 Å². The third-order valence-corrected chi connectivity index (χ3v) is 5.20. The Bertz CT molecular complexity index is 691. The Morgan fingerprint density at radius 1 is 1.08 bits per heavy atom. The maximum absolute atomic E-state index is 12.8. The number of rotatable bonds is 4. The summed E-state index contributed by atoms with van der Waals surface area (Å²) in [6.07, 6.45) is 1.49. The summed E-state index contributed by atoms with van der Waals surface area (Å²) in [6, 6.07) is 17.9. The van der Waals surface area contributed by atoms with E-state index in [1.165, 1.54) is 5.56 Å². The molecule has 3 rings (SSSR count). The smallest absolute Gasteiger partial charge is 0.253 e. The zero-order chi connectivity index (χ0) is 17.6. The van der Waals surface area contributed by atoms with Crippen molar-refractivity contribution in [1.82, 2.24) is 9.80 Å². The number of hydrogen-bond donors (Lipinski definition) is 1. The topological polar surface area (TPSA) is 43.8 Å². The van der Waals surface area contributed by atoms with Gasteiger partial charge >= 0.3 is 0 Å². The summed E-state index contributed by atoms with van der Waals surface area (Å²) in [5.41, 5.74) is 1.91. The van der Waals surface area contributed by atoms with Crippen molar-refractivity contribution < 1.29 is 9.90 Å². The van der Waals surface area contributed by atoms with Crippen molar-refractivity contribution >= 4 is 17.7 Å². The highest BCUT2D eigenvalue weighted by atomic mass is 32.2. The summed E-state index contributed by atoms with van der Waals surface area (Å²) in [7, 11) is 0. The predicted octanol–water partition coefficient (Wildman–Crippen LogP) is 2.73. The number of amides is 1. The van der Waals surface area contributed by atoms with Crippen LogP contribution in [0, 0.1) is 0 Å². The Balaban J connectivity index is 1.64. The molecule has 0 saturated carbocycles. The van der Waals surface area contributed by atoms with E-state index in [9.17, 15) is 9.90 Å². The van der Waals surface area contributed by atoms with Crippen molar-refractivity contribution in [3.8, 4) is 0 Å². The average Bonchev–Trinajstić information content (AvgIpc) is 2.83. The van der Waals surface area contributed by atoms with Crippen LogP contribution in [-0.4, -0.2) is 59.4 Å². The zero-order valence-electron chi connectivity index (χ0n) is 14.5. The molecule has 4 nitrogen and oxygen atoms in total. The third-order valence-electron chi connectivity index (χ3n) is 4.46. The fraction of sp³-hybridized carbons (Fsp3) is 0.350. The molecule has 0 radical (unpaired) electrons. The first kappa shape index (κ1) is 18.0. The molecule has 0 aliphatic carbocycles. The summed E-state index contributed by atoms with van der Waals surface area (Å²) in [6.45, 7) is 3.16. The maximum atomic E-state index is 12.8. The second-order valence-electron chi connectivity index (χ2n) is 6.35. The summed E-state index contributed by atoms with van der Waals surface area (Å²) in [5, 5.41) is 10.3. The van der Waals surface area contributed by atoms with Gasteiger partial charge in [-0.25, -0.2) is 0 Å². The first-order chi connectivity index (χ1) is 12.2. The molecule has 1 aliphatic rings. The summed E-state index contributed by atoms with van der Waals surface area (Å²) < 4.78 is 0. The van der Waals surface area contributed by atoms with Gasteiger partial charge in [0.1, 0.15) is 0 Å². The van der Waals surface area contributed by atoms with E-state index in [2.05, 4.69) is 17.0 Å². The van der Waals surface area contributed by atoms with Crippen LogP contribution in [-0.2, 0) is 6.54 Å². The number of carbonyl (C=O) groups is 1. The monoisotopic (exact) mass is 356 g/mol. The number of benzene rings is 2. The lowest BCUT2D eigenvalue weighted by Gasteiger charge is -2.22. The van der Waals surface area contributed by atoms with Crippen molar-refractivity contribution in [1.29, 1.82) is 0 Å². The standard InChI is InChI=1S/C20H24N2O2S/c1-25-19-9-7-17(8-10-19)20(24)22-12-11-21(14-18(23)15-22)13-16-5-3-2-4-6-16/h2-10,18,23H,11-15H2,1H3/t18-/m1/s1. The lowest BCUT2D eigenvalue weighted by atomic mass is 10.2. The molecule has 0 spiro atoms. The average molecular weight is 356 g/mol. The van der Waals surface area contributed by atoms with E-state index < -0.39 is 6.10 Å². The molecule has 1 heterocycles. The number of thioether (sulfide) groups is 1. The molecule has 2 aromatic rings. The van der Waals surface area contributed by atoms with Gasteiger partial charge in [-0.1, -0.05) is 30.3 Å². The largest absolute Gasteiger partial charge is 0.390 e. The van der Waals surface area contributed by atoms with Crippen molar-refractivity contribution in [2.75, 3.05) is 32.4 Å². The van der Waals surface area contributed by atoms with Gasteiger partial charge in [0.25, 0.3) is 5.91 Å². The van der Waals surface area contributed by atoms with E-state index in [1.54, 1.807) is 16.7 Å². The molecule has 132 valence electrons. The highest BCUT2D eigenvalue weighted by Crippen LogP contribution is 2.17. The summed E-state index contributed by atoms with van der Waals surface area (Å²) >= 11 is 1.66. The van der Waals surface area contributed by atoms with Gasteiger partial charge in [0.05, 0.1) is 6.10 Å². The first-order valence-corrected chi connectivity index (χ1v) is 9.76. The van der Waals surface area contributed by atoms with E-state index >= 15 is 0 Å². The van der Waals surface area contributed by atoms with Gasteiger partial charge in [-0.15, -0.1) is 11.8 Å². The predicted molar refractivity (Wildman–Crippen MR) is 102 cm³/mol. The van der Waals surface area contributed by atoms with Gasteiger partial charge in [-0.3, -0.25) is 9.69 Å². The number of nitrogens with zero attached hydrogens (tertiary/aromatic N) is 2. The molecular weight excluding hydrogens is 332 g/mol. The van der Waals surface area contributed by atoms with Gasteiger partial charge in [0.15, 0.2) is 0 Å². The van der Waals surface area contributed by atoms with Gasteiger partial charge < -0.3 is 10.0 Å². The van der Waals surface area contributed by atoms with E-state index in [0.29, 0.717) is 25.2 Å². The van der Waals surface area contributed by atoms with Crippen LogP contribution in [0.5, 0.6) is 0 Å². The van der Waals surface area contributed by atoms with Crippen LogP contribution in [0.1, 0.15) is 15.9 Å². The molecule has 1 atom stereocenters. The number of β-amino-alcohol motifs (C(OH)–C–C–N with tert-alkyl or cyclic N) is 1. The Morgan fingerprint density at radius 2 is 1.80 bits per heavy atom. The molecule has 1 aliphatic heterocycles. The molecule has 2 aromatic carbocycles. The Morgan fingerprint density at radius 3 is 2.48 bits per heavy atom. The van der Waals surface area contributed by atoms with Crippen LogP contribution in [0.15, 0.2) is 59.5 Å². The quantitative estimate of drug-likeness (QED) is 0.856. The van der Waals surface area contributed by atoms with E-state index in [-0.39, 0.29) is 5.91 Å². The van der Waals surface area contributed by atoms with Crippen LogP contribution < -0.4 is 0 Å². The Hall–Kier alpha value is -1.82. The first-order valence-electron chi connectivity index (χ1n) is 8.53. The number of aliphatic hydroxyl groups excluding tert-OH is 1. The van der Waals surface area contributed by atoms with Gasteiger partial charge in [-0.2, -0.15) is 0 Å². The summed E-state index contributed by atoms with van der Waals surface area (Å²) in [5.74, 6) is -0.00624. The van der Waals surface area contributed by atoms with E-state index in [0.717, 1.165) is 18.0 Å². The van der Waals surface area contributed by atoms with Crippen LogP contribution >= 0.6 is 11.8 Å². The zero-order valence-corrected chi connectivity index (χ0v) is 15.3. The molecule has 1 fully saturated rings. The number of hydrogen-bond acceptors (Lipinski definition) is 4. The molecule has 5 heteroatoms. The molecule has 25 heavy (non-hydrogen) atoms. The summed E-state index contributed by atoms with van der Waals surface area (Å²) in [4.78, 5) is 17.9. The Kier molecular flexibility index (Phi) is 6.13. The number of aliphatic hydroxyl groups is 1. The van der Waals surface area contributed by atoms with Crippen LogP contribution in [0.3, 0.4) is 0 Å². The van der Waals surface area contributed by atoms with Crippen molar-refractivity contribution in [2.24, 2.45) is 0 Å². The van der Waals surface area contributed by atoms with Crippen LogP contribution in [0.2, 0.25) is 0 Å². The van der Waals surface area contributed by atoms with E-state index in [1.807, 2.05) is 48.7 Å². The molecule has 1 N–H and O–H groups in total. The molecule has 0 aromatic heterocycles. The van der Waals surface area contributed by atoms with Crippen LogP contribution in [0.25, 0.3) is 0 Å². The lowest BCUT2D eigenvalue weighted by Crippen LogP contribution is -2.37. The molecule has 0 unspecified atom stereocenters. The second kappa shape index (κ2) is 8.52. The maximum Gasteiger partial charge on any atom is 0.253 e. The minimum atomic E-state index is -0.527. The Labute approximate surface area is 153 Å². The van der Waals surface area contributed by atoms with Crippen LogP contribution in [0.4, 0.5) is 0 Å². The lowest BCUT2D eigenvalue weighted by molar-refractivity contribution is 0.0663.